The Morgan fingerprint density at radius 3 is 2.64 bits per heavy atom. The van der Waals surface area contributed by atoms with Crippen molar-refractivity contribution in [2.24, 2.45) is 0 Å². The molecule has 0 aliphatic carbocycles. The Bertz CT molecular complexity index is 987. The van der Waals surface area contributed by atoms with Crippen molar-refractivity contribution in [1.29, 1.82) is 0 Å². The van der Waals surface area contributed by atoms with Gasteiger partial charge in [0.2, 0.25) is 0 Å². The molecule has 5 heteroatoms. The van der Waals surface area contributed by atoms with Gasteiger partial charge in [-0.2, -0.15) is 5.10 Å². The summed E-state index contributed by atoms with van der Waals surface area (Å²) in [4.78, 5) is 8.21. The lowest BCUT2D eigenvalue weighted by Crippen LogP contribution is -2.04. The van der Waals surface area contributed by atoms with Gasteiger partial charge in [-0.05, 0) is 11.6 Å². The second-order valence-corrected chi connectivity index (χ2v) is 6.11. The lowest BCUT2D eigenvalue weighted by atomic mass is 10.0. The van der Waals surface area contributed by atoms with E-state index >= 15 is 0 Å². The zero-order chi connectivity index (χ0) is 17.2. The molecule has 0 spiro atoms. The van der Waals surface area contributed by atoms with Crippen molar-refractivity contribution in [3.8, 4) is 5.75 Å². The van der Waals surface area contributed by atoms with Gasteiger partial charge in [-0.3, -0.25) is 0 Å². The maximum atomic E-state index is 5.44. The number of hydrogen-bond donors (Lipinski definition) is 1. The third-order valence-electron chi connectivity index (χ3n) is 4.52. The molecule has 1 unspecified atom stereocenters. The molecule has 2 aromatic heterocycles. The smallest absolute Gasteiger partial charge is 0.176 e. The first-order valence-electron chi connectivity index (χ1n) is 8.34. The fourth-order valence-electron chi connectivity index (χ4n) is 3.08. The topological polar surface area (TPSA) is 55.7 Å². The van der Waals surface area contributed by atoms with Crippen molar-refractivity contribution in [3.63, 3.8) is 0 Å². The molecule has 25 heavy (non-hydrogen) atoms. The average Bonchev–Trinajstić information content (AvgIpc) is 3.24. The predicted molar refractivity (Wildman–Crippen MR) is 97.9 cm³/mol. The molecule has 4 rings (SSSR count). The molecular formula is C20H20N4O. The van der Waals surface area contributed by atoms with E-state index in [1.807, 2.05) is 41.2 Å². The van der Waals surface area contributed by atoms with Gasteiger partial charge in [-0.1, -0.05) is 55.5 Å². The SMILES string of the molecule is COc1ccccc1Cn1ncc2[nH]c(C(C)c3ccccc3)nc21. The number of H-pyrrole nitrogens is 1. The molecule has 5 nitrogen and oxygen atoms in total. The summed E-state index contributed by atoms with van der Waals surface area (Å²) in [6, 6.07) is 18.4. The number of rotatable bonds is 5. The van der Waals surface area contributed by atoms with E-state index in [4.69, 9.17) is 9.72 Å². The van der Waals surface area contributed by atoms with Gasteiger partial charge < -0.3 is 9.72 Å². The van der Waals surface area contributed by atoms with Gasteiger partial charge in [-0.25, -0.2) is 9.67 Å². The van der Waals surface area contributed by atoms with Crippen LogP contribution < -0.4 is 4.74 Å². The molecule has 0 bridgehead atoms. The summed E-state index contributed by atoms with van der Waals surface area (Å²) < 4.78 is 7.35. The zero-order valence-electron chi connectivity index (χ0n) is 14.3. The molecule has 0 saturated heterocycles. The number of hydrogen-bond acceptors (Lipinski definition) is 3. The van der Waals surface area contributed by atoms with Gasteiger partial charge in [0, 0.05) is 11.5 Å². The van der Waals surface area contributed by atoms with Crippen molar-refractivity contribution in [2.75, 3.05) is 7.11 Å². The molecule has 0 fully saturated rings. The molecule has 4 aromatic rings. The molecule has 1 N–H and O–H groups in total. The number of benzene rings is 2. The minimum Gasteiger partial charge on any atom is -0.496 e. The quantitative estimate of drug-likeness (QED) is 0.602. The monoisotopic (exact) mass is 332 g/mol. The third-order valence-corrected chi connectivity index (χ3v) is 4.52. The van der Waals surface area contributed by atoms with E-state index in [2.05, 4.69) is 41.3 Å². The Morgan fingerprint density at radius 2 is 1.84 bits per heavy atom. The average molecular weight is 332 g/mol. The zero-order valence-corrected chi connectivity index (χ0v) is 14.3. The van der Waals surface area contributed by atoms with Crippen molar-refractivity contribution in [3.05, 3.63) is 77.7 Å². The number of nitrogens with one attached hydrogen (secondary N) is 1. The highest BCUT2D eigenvalue weighted by Crippen LogP contribution is 2.25. The van der Waals surface area contributed by atoms with Gasteiger partial charge >= 0.3 is 0 Å². The first kappa shape index (κ1) is 15.4. The van der Waals surface area contributed by atoms with Crippen LogP contribution in [0, 0.1) is 0 Å². The minimum absolute atomic E-state index is 0.202. The maximum Gasteiger partial charge on any atom is 0.176 e. The summed E-state index contributed by atoms with van der Waals surface area (Å²) in [5, 5.41) is 4.47. The summed E-state index contributed by atoms with van der Waals surface area (Å²) in [6.07, 6.45) is 1.83. The predicted octanol–water partition coefficient (Wildman–Crippen LogP) is 3.97. The van der Waals surface area contributed by atoms with Gasteiger partial charge in [0.25, 0.3) is 0 Å². The Morgan fingerprint density at radius 1 is 1.08 bits per heavy atom. The number of nitrogens with zero attached hydrogens (tertiary/aromatic N) is 3. The van der Waals surface area contributed by atoms with Crippen LogP contribution in [0.2, 0.25) is 0 Å². The van der Waals surface area contributed by atoms with Crippen molar-refractivity contribution in [2.45, 2.75) is 19.4 Å². The summed E-state index contributed by atoms with van der Waals surface area (Å²) in [6.45, 7) is 2.78. The number of imidazole rings is 1. The highest BCUT2D eigenvalue weighted by atomic mass is 16.5. The summed E-state index contributed by atoms with van der Waals surface area (Å²) in [5.74, 6) is 2.01. The van der Waals surface area contributed by atoms with E-state index in [0.29, 0.717) is 6.54 Å². The summed E-state index contributed by atoms with van der Waals surface area (Å²) >= 11 is 0. The van der Waals surface area contributed by atoms with Crippen molar-refractivity contribution >= 4 is 11.2 Å². The van der Waals surface area contributed by atoms with Gasteiger partial charge in [0.05, 0.1) is 19.9 Å². The van der Waals surface area contributed by atoms with E-state index in [1.165, 1.54) is 5.56 Å². The second-order valence-electron chi connectivity index (χ2n) is 6.11. The molecule has 0 aliphatic heterocycles. The fourth-order valence-corrected chi connectivity index (χ4v) is 3.08. The van der Waals surface area contributed by atoms with Crippen LogP contribution in [0.4, 0.5) is 0 Å². The van der Waals surface area contributed by atoms with Gasteiger partial charge in [0.1, 0.15) is 17.1 Å². The molecule has 0 radical (unpaired) electrons. The van der Waals surface area contributed by atoms with Crippen LogP contribution in [0.1, 0.15) is 29.8 Å². The lowest BCUT2D eigenvalue weighted by molar-refractivity contribution is 0.407. The van der Waals surface area contributed by atoms with E-state index in [1.54, 1.807) is 7.11 Å². The third kappa shape index (κ3) is 2.89. The van der Waals surface area contributed by atoms with Crippen LogP contribution in [0.3, 0.4) is 0 Å². The van der Waals surface area contributed by atoms with E-state index < -0.39 is 0 Å². The standard InChI is InChI=1S/C20H20N4O/c1-14(15-8-4-3-5-9-15)19-22-17-12-21-24(20(17)23-19)13-16-10-6-7-11-18(16)25-2/h3-12,14H,13H2,1-2H3,(H,22,23). The molecule has 2 aromatic carbocycles. The second kappa shape index (κ2) is 6.43. The number of aromatic nitrogens is 4. The Hall–Kier alpha value is -3.08. The van der Waals surface area contributed by atoms with Crippen LogP contribution in [0.25, 0.3) is 11.2 Å². The molecule has 0 saturated carbocycles. The number of methoxy groups -OCH3 is 1. The first-order chi connectivity index (χ1) is 12.3. The van der Waals surface area contributed by atoms with Gasteiger partial charge in [0.15, 0.2) is 5.65 Å². The van der Waals surface area contributed by atoms with Crippen molar-refractivity contribution < 1.29 is 4.74 Å². The number of aromatic amines is 1. The Kier molecular flexibility index (Phi) is 3.98. The van der Waals surface area contributed by atoms with Gasteiger partial charge in [-0.15, -0.1) is 0 Å². The summed E-state index contributed by atoms with van der Waals surface area (Å²) in [5.41, 5.74) is 4.13. The maximum absolute atomic E-state index is 5.44. The Balaban J connectivity index is 1.67. The molecular weight excluding hydrogens is 312 g/mol. The number of fused-ring (bicyclic) bond motifs is 1. The highest BCUT2D eigenvalue weighted by Gasteiger charge is 2.16. The number of para-hydroxylation sites is 1. The molecule has 126 valence electrons. The van der Waals surface area contributed by atoms with E-state index in [9.17, 15) is 0 Å². The van der Waals surface area contributed by atoms with Crippen LogP contribution in [-0.4, -0.2) is 26.9 Å². The van der Waals surface area contributed by atoms with Crippen LogP contribution >= 0.6 is 0 Å². The van der Waals surface area contributed by atoms with Crippen LogP contribution in [-0.2, 0) is 6.54 Å². The molecule has 1 atom stereocenters. The molecule has 0 aliphatic rings. The van der Waals surface area contributed by atoms with E-state index in [0.717, 1.165) is 28.3 Å². The summed E-state index contributed by atoms with van der Waals surface area (Å²) in [7, 11) is 1.69. The van der Waals surface area contributed by atoms with Crippen molar-refractivity contribution in [1.82, 2.24) is 19.7 Å². The van der Waals surface area contributed by atoms with Crippen LogP contribution in [0.5, 0.6) is 5.75 Å². The lowest BCUT2D eigenvalue weighted by Gasteiger charge is -2.09. The Labute approximate surface area is 146 Å². The minimum atomic E-state index is 0.202. The largest absolute Gasteiger partial charge is 0.496 e. The first-order valence-corrected chi connectivity index (χ1v) is 8.34. The molecule has 2 heterocycles. The van der Waals surface area contributed by atoms with Crippen LogP contribution in [0.15, 0.2) is 60.8 Å². The van der Waals surface area contributed by atoms with E-state index in [-0.39, 0.29) is 5.92 Å². The normalized spacial score (nSPS) is 12.4. The number of ether oxygens (including phenoxy) is 1. The highest BCUT2D eigenvalue weighted by molar-refractivity contribution is 5.70. The molecule has 0 amide bonds. The fraction of sp³-hybridized carbons (Fsp3) is 0.200.